The molecule has 0 aliphatic heterocycles. The Labute approximate surface area is 120 Å². The molecule has 2 nitrogen and oxygen atoms in total. The molecular formula is C15H15NOS2. The summed E-state index contributed by atoms with van der Waals surface area (Å²) in [4.78, 5) is 2.68. The largest absolute Gasteiger partial charge is 0.465 e. The second-order valence-corrected chi connectivity index (χ2v) is 6.32. The van der Waals surface area contributed by atoms with Gasteiger partial charge in [0.25, 0.3) is 0 Å². The molecule has 3 aromatic heterocycles. The molecule has 0 aliphatic rings. The monoisotopic (exact) mass is 289 g/mol. The normalized spacial score (nSPS) is 11.3. The van der Waals surface area contributed by atoms with Gasteiger partial charge in [0, 0.05) is 9.75 Å². The van der Waals surface area contributed by atoms with Crippen LogP contribution in [0.3, 0.4) is 0 Å². The number of hydrogen-bond acceptors (Lipinski definition) is 4. The van der Waals surface area contributed by atoms with Gasteiger partial charge in [-0.2, -0.15) is 0 Å². The molecule has 3 aromatic rings. The molecule has 0 amide bonds. The van der Waals surface area contributed by atoms with Crippen LogP contribution in [0.25, 0.3) is 0 Å². The first kappa shape index (κ1) is 12.7. The van der Waals surface area contributed by atoms with Gasteiger partial charge >= 0.3 is 0 Å². The minimum Gasteiger partial charge on any atom is -0.465 e. The van der Waals surface area contributed by atoms with E-state index in [4.69, 9.17) is 4.42 Å². The van der Waals surface area contributed by atoms with Gasteiger partial charge in [0.2, 0.25) is 0 Å². The van der Waals surface area contributed by atoms with E-state index in [9.17, 15) is 0 Å². The van der Waals surface area contributed by atoms with Gasteiger partial charge in [-0.15, -0.1) is 22.7 Å². The Morgan fingerprint density at radius 1 is 1.05 bits per heavy atom. The summed E-state index contributed by atoms with van der Waals surface area (Å²) in [6.45, 7) is 2.72. The van der Waals surface area contributed by atoms with Crippen molar-refractivity contribution in [3.8, 4) is 0 Å². The highest BCUT2D eigenvalue weighted by atomic mass is 32.1. The van der Waals surface area contributed by atoms with Gasteiger partial charge in [0.15, 0.2) is 0 Å². The molecule has 0 spiro atoms. The molecular weight excluding hydrogens is 274 g/mol. The standard InChI is InChI=1S/C15H15NOS2/c1-11-6-7-12(17-11)10-16-15(13-4-2-8-18-13)14-5-3-9-19-14/h2-9,15-16H,10H2,1H3. The summed E-state index contributed by atoms with van der Waals surface area (Å²) in [7, 11) is 0. The van der Waals surface area contributed by atoms with E-state index in [1.807, 2.05) is 19.1 Å². The second-order valence-electron chi connectivity index (χ2n) is 4.36. The Morgan fingerprint density at radius 2 is 1.74 bits per heavy atom. The Morgan fingerprint density at radius 3 is 2.21 bits per heavy atom. The summed E-state index contributed by atoms with van der Waals surface area (Å²) in [5.41, 5.74) is 0. The Bertz CT molecular complexity index is 576. The summed E-state index contributed by atoms with van der Waals surface area (Å²) in [5, 5.41) is 7.82. The van der Waals surface area contributed by atoms with E-state index in [2.05, 4.69) is 40.3 Å². The van der Waals surface area contributed by atoms with E-state index in [-0.39, 0.29) is 6.04 Å². The van der Waals surface area contributed by atoms with Gasteiger partial charge in [-0.3, -0.25) is 5.32 Å². The van der Waals surface area contributed by atoms with Crippen LogP contribution in [0.15, 0.2) is 51.6 Å². The van der Waals surface area contributed by atoms with Crippen molar-refractivity contribution in [2.24, 2.45) is 0 Å². The molecule has 0 fully saturated rings. The fourth-order valence-corrected chi connectivity index (χ4v) is 3.75. The van der Waals surface area contributed by atoms with Gasteiger partial charge < -0.3 is 4.42 Å². The number of thiophene rings is 2. The first-order valence-corrected chi connectivity index (χ1v) is 7.94. The summed E-state index contributed by atoms with van der Waals surface area (Å²) in [6, 6.07) is 12.8. The third kappa shape index (κ3) is 2.97. The molecule has 3 rings (SSSR count). The first-order chi connectivity index (χ1) is 9.33. The average Bonchev–Trinajstić information content (AvgIpc) is 3.11. The van der Waals surface area contributed by atoms with E-state index < -0.39 is 0 Å². The molecule has 0 aliphatic carbocycles. The highest BCUT2D eigenvalue weighted by Crippen LogP contribution is 2.29. The minimum atomic E-state index is 0.255. The molecule has 1 N–H and O–H groups in total. The maximum atomic E-state index is 5.61. The summed E-state index contributed by atoms with van der Waals surface area (Å²) >= 11 is 3.57. The van der Waals surface area contributed by atoms with Crippen LogP contribution in [0.4, 0.5) is 0 Å². The van der Waals surface area contributed by atoms with Crippen LogP contribution in [-0.2, 0) is 6.54 Å². The van der Waals surface area contributed by atoms with Gasteiger partial charge in [-0.1, -0.05) is 12.1 Å². The second kappa shape index (κ2) is 5.74. The fourth-order valence-electron chi connectivity index (χ4n) is 2.04. The minimum absolute atomic E-state index is 0.255. The van der Waals surface area contributed by atoms with Crippen molar-refractivity contribution in [2.75, 3.05) is 0 Å². The van der Waals surface area contributed by atoms with Crippen molar-refractivity contribution in [3.05, 3.63) is 68.4 Å². The van der Waals surface area contributed by atoms with Crippen LogP contribution >= 0.6 is 22.7 Å². The number of nitrogens with one attached hydrogen (secondary N) is 1. The maximum Gasteiger partial charge on any atom is 0.117 e. The third-order valence-corrected chi connectivity index (χ3v) is 4.81. The zero-order valence-corrected chi connectivity index (χ0v) is 12.3. The van der Waals surface area contributed by atoms with Crippen molar-refractivity contribution >= 4 is 22.7 Å². The number of aryl methyl sites for hydroxylation is 1. The van der Waals surface area contributed by atoms with Crippen LogP contribution in [0.1, 0.15) is 27.3 Å². The van der Waals surface area contributed by atoms with E-state index in [0.29, 0.717) is 0 Å². The van der Waals surface area contributed by atoms with E-state index in [1.54, 1.807) is 22.7 Å². The molecule has 19 heavy (non-hydrogen) atoms. The molecule has 0 saturated heterocycles. The quantitative estimate of drug-likeness (QED) is 0.743. The van der Waals surface area contributed by atoms with Crippen LogP contribution in [0, 0.1) is 6.92 Å². The summed E-state index contributed by atoms with van der Waals surface area (Å²) < 4.78 is 5.61. The fraction of sp³-hybridized carbons (Fsp3) is 0.200. The number of hydrogen-bond donors (Lipinski definition) is 1. The lowest BCUT2D eigenvalue weighted by atomic mass is 10.2. The summed E-state index contributed by atoms with van der Waals surface area (Å²) in [5.74, 6) is 1.94. The number of rotatable bonds is 5. The van der Waals surface area contributed by atoms with Crippen molar-refractivity contribution in [1.29, 1.82) is 0 Å². The van der Waals surface area contributed by atoms with Crippen molar-refractivity contribution < 1.29 is 4.42 Å². The SMILES string of the molecule is Cc1ccc(CNC(c2cccs2)c2cccs2)o1. The highest BCUT2D eigenvalue weighted by molar-refractivity contribution is 7.11. The van der Waals surface area contributed by atoms with Crippen LogP contribution < -0.4 is 5.32 Å². The maximum absolute atomic E-state index is 5.61. The smallest absolute Gasteiger partial charge is 0.117 e. The van der Waals surface area contributed by atoms with E-state index in [0.717, 1.165) is 18.1 Å². The predicted molar refractivity (Wildman–Crippen MR) is 80.8 cm³/mol. The topological polar surface area (TPSA) is 25.2 Å². The van der Waals surface area contributed by atoms with Crippen LogP contribution in [0.5, 0.6) is 0 Å². The molecule has 98 valence electrons. The molecule has 0 unspecified atom stereocenters. The van der Waals surface area contributed by atoms with Crippen molar-refractivity contribution in [2.45, 2.75) is 19.5 Å². The third-order valence-electron chi connectivity index (χ3n) is 2.93. The van der Waals surface area contributed by atoms with E-state index in [1.165, 1.54) is 9.75 Å². The van der Waals surface area contributed by atoms with Gasteiger partial charge in [0.1, 0.15) is 11.5 Å². The lowest BCUT2D eigenvalue weighted by Crippen LogP contribution is -2.20. The van der Waals surface area contributed by atoms with E-state index >= 15 is 0 Å². The molecule has 0 atom stereocenters. The molecule has 0 radical (unpaired) electrons. The Balaban J connectivity index is 1.77. The van der Waals surface area contributed by atoms with Gasteiger partial charge in [0.05, 0.1) is 12.6 Å². The molecule has 3 heterocycles. The lowest BCUT2D eigenvalue weighted by Gasteiger charge is -2.15. The lowest BCUT2D eigenvalue weighted by molar-refractivity contribution is 0.452. The molecule has 0 bridgehead atoms. The zero-order valence-electron chi connectivity index (χ0n) is 10.6. The molecule has 4 heteroatoms. The first-order valence-electron chi connectivity index (χ1n) is 6.18. The average molecular weight is 289 g/mol. The van der Waals surface area contributed by atoms with Crippen LogP contribution in [0.2, 0.25) is 0 Å². The van der Waals surface area contributed by atoms with Gasteiger partial charge in [-0.05, 0) is 41.9 Å². The van der Waals surface area contributed by atoms with Gasteiger partial charge in [-0.25, -0.2) is 0 Å². The Kier molecular flexibility index (Phi) is 3.82. The number of furan rings is 1. The predicted octanol–water partition coefficient (Wildman–Crippen LogP) is 4.59. The van der Waals surface area contributed by atoms with Crippen LogP contribution in [-0.4, -0.2) is 0 Å². The zero-order chi connectivity index (χ0) is 13.1. The van der Waals surface area contributed by atoms with Crippen molar-refractivity contribution in [3.63, 3.8) is 0 Å². The van der Waals surface area contributed by atoms with Crippen molar-refractivity contribution in [1.82, 2.24) is 5.32 Å². The molecule has 0 saturated carbocycles. The highest BCUT2D eigenvalue weighted by Gasteiger charge is 2.16. The molecule has 0 aromatic carbocycles. The summed E-state index contributed by atoms with van der Waals surface area (Å²) in [6.07, 6.45) is 0. The Hall–Kier alpha value is -1.36.